The van der Waals surface area contributed by atoms with Gasteiger partial charge < -0.3 is 19.4 Å². The summed E-state index contributed by atoms with van der Waals surface area (Å²) >= 11 is 0. The van der Waals surface area contributed by atoms with Crippen molar-refractivity contribution < 1.29 is 29.0 Å². The van der Waals surface area contributed by atoms with E-state index in [4.69, 9.17) is 9.84 Å². The largest absolute Gasteiger partial charge is 0.481 e. The number of nitrogens with zero attached hydrogens (tertiary/aromatic N) is 1. The second-order valence-electron chi connectivity index (χ2n) is 10.4. The van der Waals surface area contributed by atoms with E-state index >= 15 is 0 Å². The Labute approximate surface area is 203 Å². The number of quaternary nitrogens is 1. The molecule has 0 radical (unpaired) electrons. The first kappa shape index (κ1) is 31.6. The van der Waals surface area contributed by atoms with Crippen LogP contribution in [0.5, 0.6) is 0 Å². The Balaban J connectivity index is 3.74. The van der Waals surface area contributed by atoms with Crippen molar-refractivity contribution in [1.82, 2.24) is 0 Å². The Morgan fingerprint density at radius 2 is 1.33 bits per heavy atom. The maximum Gasteiger partial charge on any atom is 0.308 e. The average Bonchev–Trinajstić information content (AvgIpc) is 2.68. The van der Waals surface area contributed by atoms with Gasteiger partial charge in [-0.2, -0.15) is 0 Å². The van der Waals surface area contributed by atoms with Gasteiger partial charge in [-0.3, -0.25) is 9.59 Å². The zero-order chi connectivity index (χ0) is 25.0. The lowest BCUT2D eigenvalue weighted by atomic mass is 10.0. The molecule has 0 spiro atoms. The number of carboxylic acid groups (broad SMARTS) is 1. The lowest BCUT2D eigenvalue weighted by Gasteiger charge is -2.28. The van der Waals surface area contributed by atoms with Crippen LogP contribution in [0.15, 0.2) is 12.2 Å². The molecule has 0 aromatic rings. The highest BCUT2D eigenvalue weighted by atomic mass is 16.5. The molecule has 0 saturated carbocycles. The molecule has 33 heavy (non-hydrogen) atoms. The zero-order valence-electron chi connectivity index (χ0n) is 21.9. The van der Waals surface area contributed by atoms with Gasteiger partial charge >= 0.3 is 11.9 Å². The monoisotopic (exact) mass is 470 g/mol. The summed E-state index contributed by atoms with van der Waals surface area (Å²) in [5.74, 6) is -1.51. The predicted molar refractivity (Wildman–Crippen MR) is 135 cm³/mol. The molecule has 0 bridgehead atoms. The van der Waals surface area contributed by atoms with Crippen LogP contribution in [-0.2, 0) is 14.3 Å². The van der Waals surface area contributed by atoms with E-state index in [1.54, 1.807) is 0 Å². The summed E-state index contributed by atoms with van der Waals surface area (Å²) in [7, 11) is 5.76. The van der Waals surface area contributed by atoms with Gasteiger partial charge in [0.25, 0.3) is 0 Å². The van der Waals surface area contributed by atoms with E-state index < -0.39 is 24.1 Å². The first-order valence-corrected chi connectivity index (χ1v) is 13.2. The van der Waals surface area contributed by atoms with Crippen molar-refractivity contribution in [1.29, 1.82) is 0 Å². The molecule has 0 aliphatic heterocycles. The van der Waals surface area contributed by atoms with Crippen molar-refractivity contribution >= 4 is 11.9 Å². The maximum absolute atomic E-state index is 12.1. The van der Waals surface area contributed by atoms with Crippen LogP contribution in [0.4, 0.5) is 0 Å². The van der Waals surface area contributed by atoms with Crippen LogP contribution in [-0.4, -0.2) is 66.5 Å². The summed E-state index contributed by atoms with van der Waals surface area (Å²) in [5.41, 5.74) is 0. The Bertz CT molecular complexity index is 527. The van der Waals surface area contributed by atoms with Crippen molar-refractivity contribution in [3.8, 4) is 0 Å². The second kappa shape index (κ2) is 20.0. The van der Waals surface area contributed by atoms with Crippen molar-refractivity contribution in [2.45, 2.75) is 122 Å². The molecule has 0 aliphatic carbocycles. The van der Waals surface area contributed by atoms with Crippen LogP contribution in [0, 0.1) is 0 Å². The van der Waals surface area contributed by atoms with Gasteiger partial charge in [-0.25, -0.2) is 0 Å². The molecular weight excluding hydrogens is 418 g/mol. The van der Waals surface area contributed by atoms with Crippen LogP contribution < -0.4 is 0 Å². The number of aliphatic hydroxyl groups is 1. The smallest absolute Gasteiger partial charge is 0.308 e. The Kier molecular flexibility index (Phi) is 19.2. The fraction of sp³-hybridized carbons (Fsp3) is 0.852. The van der Waals surface area contributed by atoms with Gasteiger partial charge in [0, 0.05) is 0 Å². The highest BCUT2D eigenvalue weighted by Crippen LogP contribution is 2.13. The molecule has 0 aromatic carbocycles. The Hall–Kier alpha value is -1.40. The van der Waals surface area contributed by atoms with Gasteiger partial charge in [0.2, 0.25) is 0 Å². The highest BCUT2D eigenvalue weighted by Gasteiger charge is 2.25. The summed E-state index contributed by atoms with van der Waals surface area (Å²) in [6, 6.07) is 0. The number of hydrogen-bond acceptors (Lipinski definition) is 4. The Morgan fingerprint density at radius 3 is 1.85 bits per heavy atom. The number of ether oxygens (including phenoxy) is 1. The summed E-state index contributed by atoms with van der Waals surface area (Å²) in [6.07, 6.45) is 19.5. The third-order valence-electron chi connectivity index (χ3n) is 5.65. The number of likely N-dealkylation sites (N-methyl/N-ethyl adjacent to an activating group) is 1. The topological polar surface area (TPSA) is 83.8 Å². The van der Waals surface area contributed by atoms with E-state index in [1.807, 2.05) is 21.1 Å². The molecule has 2 atom stereocenters. The van der Waals surface area contributed by atoms with Crippen LogP contribution in [0.1, 0.15) is 110 Å². The minimum atomic E-state index is -0.991. The number of allylic oxidation sites excluding steroid dienone is 2. The average molecular weight is 471 g/mol. The third kappa shape index (κ3) is 23.6. The van der Waals surface area contributed by atoms with Crippen molar-refractivity contribution in [3.63, 3.8) is 0 Å². The molecule has 6 heteroatoms. The molecule has 2 unspecified atom stereocenters. The quantitative estimate of drug-likeness (QED) is 0.0895. The van der Waals surface area contributed by atoms with Gasteiger partial charge in [0.05, 0.1) is 40.1 Å². The molecule has 0 rings (SSSR count). The van der Waals surface area contributed by atoms with Crippen LogP contribution in [0.2, 0.25) is 0 Å². The van der Waals surface area contributed by atoms with Gasteiger partial charge in [0.1, 0.15) is 6.54 Å². The minimum Gasteiger partial charge on any atom is -0.481 e. The van der Waals surface area contributed by atoms with Crippen molar-refractivity contribution in [2.24, 2.45) is 0 Å². The summed E-state index contributed by atoms with van der Waals surface area (Å²) in [5, 5.41) is 19.1. The van der Waals surface area contributed by atoms with Gasteiger partial charge in [-0.15, -0.1) is 0 Å². The molecule has 0 amide bonds. The first-order valence-electron chi connectivity index (χ1n) is 13.2. The fourth-order valence-corrected chi connectivity index (χ4v) is 3.93. The maximum atomic E-state index is 12.1. The van der Waals surface area contributed by atoms with E-state index in [2.05, 4.69) is 19.1 Å². The molecule has 2 N–H and O–H groups in total. The molecule has 0 fully saturated rings. The van der Waals surface area contributed by atoms with Crippen LogP contribution >= 0.6 is 0 Å². The molecular formula is C27H52NO5+. The summed E-state index contributed by atoms with van der Waals surface area (Å²) in [4.78, 5) is 23.1. The highest BCUT2D eigenvalue weighted by molar-refractivity contribution is 5.71. The van der Waals surface area contributed by atoms with Crippen molar-refractivity contribution in [2.75, 3.05) is 27.7 Å². The lowest BCUT2D eigenvalue weighted by Crippen LogP contribution is -2.44. The SMILES string of the molecule is CCCCCCCC/C=C/CCCCCCCC(O)CC(=O)OC(CC(=O)O)C[N+](C)(C)C. The van der Waals surface area contributed by atoms with Crippen molar-refractivity contribution in [3.05, 3.63) is 12.2 Å². The third-order valence-corrected chi connectivity index (χ3v) is 5.65. The molecule has 6 nitrogen and oxygen atoms in total. The van der Waals surface area contributed by atoms with E-state index in [0.29, 0.717) is 17.4 Å². The fourth-order valence-electron chi connectivity index (χ4n) is 3.93. The zero-order valence-corrected chi connectivity index (χ0v) is 21.9. The number of aliphatic carboxylic acids is 1. The number of carbonyl (C=O) groups excluding carboxylic acids is 1. The van der Waals surface area contributed by atoms with Crippen LogP contribution in [0.3, 0.4) is 0 Å². The van der Waals surface area contributed by atoms with E-state index in [0.717, 1.165) is 25.7 Å². The lowest BCUT2D eigenvalue weighted by molar-refractivity contribution is -0.873. The second-order valence-corrected chi connectivity index (χ2v) is 10.4. The molecule has 0 heterocycles. The number of esters is 1. The summed E-state index contributed by atoms with van der Waals surface area (Å²) in [6.45, 7) is 2.67. The van der Waals surface area contributed by atoms with E-state index in [1.165, 1.54) is 57.8 Å². The predicted octanol–water partition coefficient (Wildman–Crippen LogP) is 5.87. The standard InChI is InChI=1S/C27H51NO5/c1-5-6-7-8-9-10-11-12-13-14-15-16-17-18-19-20-24(29)21-27(32)33-25(22-26(30)31)23-28(2,3)4/h12-13,24-25,29H,5-11,14-23H2,1-4H3/p+1/b13-12+. The number of rotatable bonds is 22. The number of unbranched alkanes of at least 4 members (excludes halogenated alkanes) is 11. The molecule has 194 valence electrons. The van der Waals surface area contributed by atoms with Crippen LogP contribution in [0.25, 0.3) is 0 Å². The number of carbonyl (C=O) groups is 2. The molecule has 0 aromatic heterocycles. The minimum absolute atomic E-state index is 0.0728. The number of carboxylic acids is 1. The number of aliphatic hydroxyl groups excluding tert-OH is 1. The van der Waals surface area contributed by atoms with E-state index in [-0.39, 0.29) is 12.8 Å². The number of hydrogen-bond donors (Lipinski definition) is 2. The van der Waals surface area contributed by atoms with E-state index in [9.17, 15) is 14.7 Å². The van der Waals surface area contributed by atoms with Gasteiger partial charge in [-0.1, -0.05) is 76.9 Å². The van der Waals surface area contributed by atoms with Gasteiger partial charge in [0.15, 0.2) is 6.10 Å². The Morgan fingerprint density at radius 1 is 0.818 bits per heavy atom. The van der Waals surface area contributed by atoms with Gasteiger partial charge in [-0.05, 0) is 32.1 Å². The normalized spacial score (nSPS) is 13.8. The molecule has 0 aliphatic rings. The summed E-state index contributed by atoms with van der Waals surface area (Å²) < 4.78 is 5.84. The first-order chi connectivity index (χ1) is 15.6. The molecule has 0 saturated heterocycles.